The van der Waals surface area contributed by atoms with Gasteiger partial charge < -0.3 is 14.6 Å². The summed E-state index contributed by atoms with van der Waals surface area (Å²) in [6, 6.07) is 8.98. The van der Waals surface area contributed by atoms with Gasteiger partial charge in [0.25, 0.3) is 5.91 Å². The number of carbonyl (C=O) groups excluding carboxylic acids is 1. The summed E-state index contributed by atoms with van der Waals surface area (Å²) in [4.78, 5) is 16.2. The van der Waals surface area contributed by atoms with Gasteiger partial charge in [-0.15, -0.1) is 0 Å². The average molecular weight is 262 g/mol. The molecule has 0 aliphatic heterocycles. The van der Waals surface area contributed by atoms with Gasteiger partial charge in [0.05, 0.1) is 6.26 Å². The van der Waals surface area contributed by atoms with Crippen LogP contribution in [0, 0.1) is 5.82 Å². The third-order valence-corrected chi connectivity index (χ3v) is 2.10. The third-order valence-electron chi connectivity index (χ3n) is 2.10. The molecule has 0 fully saturated rings. The fourth-order valence-corrected chi connectivity index (χ4v) is 1.31. The van der Waals surface area contributed by atoms with E-state index in [9.17, 15) is 9.18 Å². The number of oxime groups is 1. The van der Waals surface area contributed by atoms with Crippen LogP contribution in [-0.2, 0) is 9.63 Å². The van der Waals surface area contributed by atoms with E-state index in [0.717, 1.165) is 0 Å². The molecular formula is C13H11FN2O3. The Hall–Kier alpha value is -2.63. The standard InChI is InChI=1S/C13H11FN2O3/c14-10-3-1-4-11(7-10)16-13(17)9-19-15-8-12-5-2-6-18-12/h1-8H,9H2,(H,16,17)/b15-8+. The number of benzene rings is 1. The van der Waals surface area contributed by atoms with E-state index in [1.54, 1.807) is 18.2 Å². The monoisotopic (exact) mass is 262 g/mol. The number of rotatable bonds is 5. The Morgan fingerprint density at radius 1 is 1.42 bits per heavy atom. The van der Waals surface area contributed by atoms with Crippen molar-refractivity contribution in [3.63, 3.8) is 0 Å². The molecule has 0 saturated heterocycles. The Kier molecular flexibility index (Phi) is 4.28. The van der Waals surface area contributed by atoms with Crippen LogP contribution in [-0.4, -0.2) is 18.7 Å². The lowest BCUT2D eigenvalue weighted by molar-refractivity contribution is -0.120. The lowest BCUT2D eigenvalue weighted by Gasteiger charge is -2.03. The second kappa shape index (κ2) is 6.34. The van der Waals surface area contributed by atoms with Crippen LogP contribution in [0.25, 0.3) is 0 Å². The van der Waals surface area contributed by atoms with Gasteiger partial charge in [-0.1, -0.05) is 11.2 Å². The molecule has 2 rings (SSSR count). The number of hydrogen-bond donors (Lipinski definition) is 1. The first-order valence-corrected chi connectivity index (χ1v) is 5.48. The lowest BCUT2D eigenvalue weighted by atomic mass is 10.3. The molecule has 6 heteroatoms. The first kappa shape index (κ1) is 12.8. The number of carbonyl (C=O) groups is 1. The molecule has 0 aliphatic carbocycles. The lowest BCUT2D eigenvalue weighted by Crippen LogP contribution is -2.17. The van der Waals surface area contributed by atoms with E-state index in [-0.39, 0.29) is 6.61 Å². The zero-order chi connectivity index (χ0) is 13.5. The van der Waals surface area contributed by atoms with E-state index in [1.165, 1.54) is 30.7 Å². The second-order valence-corrected chi connectivity index (χ2v) is 3.58. The molecule has 1 amide bonds. The van der Waals surface area contributed by atoms with Crippen LogP contribution in [0.3, 0.4) is 0 Å². The Bertz CT molecular complexity index is 567. The van der Waals surface area contributed by atoms with Gasteiger partial charge in [0.1, 0.15) is 17.8 Å². The molecule has 0 bridgehead atoms. The number of amides is 1. The maximum atomic E-state index is 12.9. The Morgan fingerprint density at radius 2 is 2.32 bits per heavy atom. The van der Waals surface area contributed by atoms with E-state index in [1.807, 2.05) is 0 Å². The smallest absolute Gasteiger partial charge is 0.265 e. The van der Waals surface area contributed by atoms with Crippen LogP contribution in [0.1, 0.15) is 5.76 Å². The highest BCUT2D eigenvalue weighted by Crippen LogP contribution is 2.08. The van der Waals surface area contributed by atoms with Gasteiger partial charge in [-0.25, -0.2) is 4.39 Å². The summed E-state index contributed by atoms with van der Waals surface area (Å²) in [5, 5.41) is 6.03. The Morgan fingerprint density at radius 3 is 3.05 bits per heavy atom. The number of nitrogens with one attached hydrogen (secondary N) is 1. The molecule has 0 unspecified atom stereocenters. The second-order valence-electron chi connectivity index (χ2n) is 3.58. The molecule has 0 radical (unpaired) electrons. The molecule has 19 heavy (non-hydrogen) atoms. The summed E-state index contributed by atoms with van der Waals surface area (Å²) in [7, 11) is 0. The summed E-state index contributed by atoms with van der Waals surface area (Å²) in [6.07, 6.45) is 2.84. The fourth-order valence-electron chi connectivity index (χ4n) is 1.31. The molecule has 1 aromatic carbocycles. The van der Waals surface area contributed by atoms with Crippen molar-refractivity contribution in [2.45, 2.75) is 0 Å². The Balaban J connectivity index is 1.76. The van der Waals surface area contributed by atoms with Crippen molar-refractivity contribution >= 4 is 17.8 Å². The number of hydrogen-bond acceptors (Lipinski definition) is 4. The number of furan rings is 1. The van der Waals surface area contributed by atoms with E-state index in [2.05, 4.69) is 10.5 Å². The minimum absolute atomic E-state index is 0.270. The number of nitrogens with zero attached hydrogens (tertiary/aromatic N) is 1. The van der Waals surface area contributed by atoms with E-state index in [0.29, 0.717) is 11.4 Å². The third kappa shape index (κ3) is 4.27. The van der Waals surface area contributed by atoms with Crippen LogP contribution in [0.5, 0.6) is 0 Å². The van der Waals surface area contributed by atoms with Gasteiger partial charge in [0.15, 0.2) is 6.61 Å². The zero-order valence-corrected chi connectivity index (χ0v) is 9.88. The highest BCUT2D eigenvalue weighted by Gasteiger charge is 2.03. The normalized spacial score (nSPS) is 10.6. The van der Waals surface area contributed by atoms with Gasteiger partial charge in [0, 0.05) is 5.69 Å². The van der Waals surface area contributed by atoms with E-state index in [4.69, 9.17) is 9.25 Å². The quantitative estimate of drug-likeness (QED) is 0.664. The first-order valence-electron chi connectivity index (χ1n) is 5.48. The number of anilines is 1. The van der Waals surface area contributed by atoms with Gasteiger partial charge in [0.2, 0.25) is 0 Å². The van der Waals surface area contributed by atoms with Crippen molar-refractivity contribution < 1.29 is 18.4 Å². The highest BCUT2D eigenvalue weighted by atomic mass is 19.1. The topological polar surface area (TPSA) is 63.8 Å². The largest absolute Gasteiger partial charge is 0.463 e. The molecule has 0 atom stereocenters. The van der Waals surface area contributed by atoms with Crippen molar-refractivity contribution in [2.24, 2.45) is 5.16 Å². The molecule has 0 saturated carbocycles. The van der Waals surface area contributed by atoms with Gasteiger partial charge >= 0.3 is 0 Å². The van der Waals surface area contributed by atoms with Crippen LogP contribution in [0.2, 0.25) is 0 Å². The van der Waals surface area contributed by atoms with E-state index >= 15 is 0 Å². The predicted molar refractivity (Wildman–Crippen MR) is 67.3 cm³/mol. The Labute approximate surface area is 108 Å². The SMILES string of the molecule is O=C(CO/N=C/c1ccco1)Nc1cccc(F)c1. The summed E-state index contributed by atoms with van der Waals surface area (Å²) < 4.78 is 17.8. The molecule has 0 spiro atoms. The molecule has 2 aromatic rings. The van der Waals surface area contributed by atoms with Gasteiger partial charge in [-0.3, -0.25) is 4.79 Å². The molecular weight excluding hydrogens is 251 g/mol. The maximum Gasteiger partial charge on any atom is 0.265 e. The zero-order valence-electron chi connectivity index (χ0n) is 9.88. The van der Waals surface area contributed by atoms with Crippen molar-refractivity contribution in [2.75, 3.05) is 11.9 Å². The molecule has 1 heterocycles. The van der Waals surface area contributed by atoms with Crippen molar-refractivity contribution in [1.29, 1.82) is 0 Å². The van der Waals surface area contributed by atoms with Crippen molar-refractivity contribution in [1.82, 2.24) is 0 Å². The highest BCUT2D eigenvalue weighted by molar-refractivity contribution is 5.91. The van der Waals surface area contributed by atoms with Crippen LogP contribution in [0.15, 0.2) is 52.2 Å². The minimum atomic E-state index is -0.429. The van der Waals surface area contributed by atoms with Crippen molar-refractivity contribution in [3.8, 4) is 0 Å². The summed E-state index contributed by atoms with van der Waals surface area (Å²) in [5.74, 6) is -0.331. The van der Waals surface area contributed by atoms with Crippen LogP contribution in [0.4, 0.5) is 10.1 Å². The number of halogens is 1. The van der Waals surface area contributed by atoms with Crippen LogP contribution >= 0.6 is 0 Å². The predicted octanol–water partition coefficient (Wildman–Crippen LogP) is 2.41. The minimum Gasteiger partial charge on any atom is -0.463 e. The first-order chi connectivity index (χ1) is 9.24. The van der Waals surface area contributed by atoms with Crippen molar-refractivity contribution in [3.05, 3.63) is 54.2 Å². The molecule has 1 N–H and O–H groups in total. The van der Waals surface area contributed by atoms with Crippen LogP contribution < -0.4 is 5.32 Å². The molecule has 5 nitrogen and oxygen atoms in total. The summed E-state index contributed by atoms with van der Waals surface area (Å²) >= 11 is 0. The van der Waals surface area contributed by atoms with Gasteiger partial charge in [-0.05, 0) is 30.3 Å². The fraction of sp³-hybridized carbons (Fsp3) is 0.0769. The molecule has 0 aliphatic rings. The molecule has 98 valence electrons. The van der Waals surface area contributed by atoms with E-state index < -0.39 is 11.7 Å². The summed E-state index contributed by atoms with van der Waals surface area (Å²) in [5.41, 5.74) is 0.364. The average Bonchev–Trinajstić information content (AvgIpc) is 2.88. The molecule has 1 aromatic heterocycles. The maximum absolute atomic E-state index is 12.9. The summed E-state index contributed by atoms with van der Waals surface area (Å²) in [6.45, 7) is -0.270. The van der Waals surface area contributed by atoms with Gasteiger partial charge in [-0.2, -0.15) is 0 Å².